The SMILES string of the molecule is COc1ccc(N(N)/C(=N\N)c2cc(-c3cc(C)c(-c4cccnc4)s3)cnc2N)c(F)c1F. The first-order valence-electron chi connectivity index (χ1n) is 9.97. The predicted octanol–water partition coefficient (Wildman–Crippen LogP) is 4.05. The van der Waals surface area contributed by atoms with E-state index in [9.17, 15) is 8.78 Å². The molecule has 8 nitrogen and oxygen atoms in total. The predicted molar refractivity (Wildman–Crippen MR) is 130 cm³/mol. The van der Waals surface area contributed by atoms with E-state index in [0.717, 1.165) is 31.5 Å². The number of hydrazine groups is 1. The molecule has 6 N–H and O–H groups in total. The maximum absolute atomic E-state index is 14.6. The fraction of sp³-hybridized carbons (Fsp3) is 0.0870. The maximum Gasteiger partial charge on any atom is 0.202 e. The molecule has 0 saturated heterocycles. The van der Waals surface area contributed by atoms with Crippen molar-refractivity contribution in [1.29, 1.82) is 0 Å². The molecular formula is C23H21F2N7OS. The van der Waals surface area contributed by atoms with E-state index < -0.39 is 11.6 Å². The molecule has 3 heterocycles. The number of thiophene rings is 1. The zero-order valence-electron chi connectivity index (χ0n) is 18.3. The number of anilines is 2. The van der Waals surface area contributed by atoms with E-state index in [2.05, 4.69) is 15.1 Å². The van der Waals surface area contributed by atoms with Crippen LogP contribution in [-0.2, 0) is 0 Å². The lowest BCUT2D eigenvalue weighted by Gasteiger charge is -2.22. The standard InChI is InChI=1S/C23H21F2N7OS/c1-12-8-18(34-21(12)13-4-3-7-29-10-13)14-9-15(22(26)30-11-14)23(31-27)32(28)16-5-6-17(33-2)20(25)19(16)24/h3-11H,27-28H2,1-2H3,(H2,26,30)/b31-23-. The molecule has 0 saturated carbocycles. The zero-order valence-corrected chi connectivity index (χ0v) is 19.1. The van der Waals surface area contributed by atoms with Crippen molar-refractivity contribution in [2.75, 3.05) is 17.9 Å². The van der Waals surface area contributed by atoms with Crippen molar-refractivity contribution in [3.8, 4) is 26.6 Å². The smallest absolute Gasteiger partial charge is 0.202 e. The highest BCUT2D eigenvalue weighted by molar-refractivity contribution is 7.19. The highest BCUT2D eigenvalue weighted by Gasteiger charge is 2.23. The molecule has 11 heteroatoms. The first kappa shape index (κ1) is 23.1. The van der Waals surface area contributed by atoms with Crippen LogP contribution in [0.1, 0.15) is 11.1 Å². The van der Waals surface area contributed by atoms with Gasteiger partial charge in [-0.3, -0.25) is 9.99 Å². The second-order valence-corrected chi connectivity index (χ2v) is 8.31. The third kappa shape index (κ3) is 4.14. The fourth-order valence-corrected chi connectivity index (χ4v) is 4.58. The summed E-state index contributed by atoms with van der Waals surface area (Å²) in [6, 6.07) is 10.1. The van der Waals surface area contributed by atoms with Crippen LogP contribution in [0.4, 0.5) is 20.3 Å². The summed E-state index contributed by atoms with van der Waals surface area (Å²) in [4.78, 5) is 10.4. The molecular weight excluding hydrogens is 460 g/mol. The number of nitrogens with two attached hydrogens (primary N) is 3. The summed E-state index contributed by atoms with van der Waals surface area (Å²) in [6.45, 7) is 2.00. The second kappa shape index (κ2) is 9.41. The minimum atomic E-state index is -1.22. The van der Waals surface area contributed by atoms with Gasteiger partial charge in [0.05, 0.1) is 18.4 Å². The number of hydrazone groups is 1. The van der Waals surface area contributed by atoms with Gasteiger partial charge in [0.15, 0.2) is 17.4 Å². The number of benzene rings is 1. The number of nitrogen functional groups attached to an aromatic ring is 1. The lowest BCUT2D eigenvalue weighted by atomic mass is 10.1. The lowest BCUT2D eigenvalue weighted by Crippen LogP contribution is -2.40. The van der Waals surface area contributed by atoms with Crippen LogP contribution in [0.25, 0.3) is 20.9 Å². The van der Waals surface area contributed by atoms with E-state index in [4.69, 9.17) is 22.2 Å². The minimum Gasteiger partial charge on any atom is -0.494 e. The van der Waals surface area contributed by atoms with Gasteiger partial charge in [-0.05, 0) is 42.8 Å². The summed E-state index contributed by atoms with van der Waals surface area (Å²) in [7, 11) is 1.23. The zero-order chi connectivity index (χ0) is 24.4. The highest BCUT2D eigenvalue weighted by Crippen LogP contribution is 2.38. The second-order valence-electron chi connectivity index (χ2n) is 7.26. The average Bonchev–Trinajstić information content (AvgIpc) is 3.24. The number of aryl methyl sites for hydroxylation is 1. The number of amidine groups is 1. The van der Waals surface area contributed by atoms with Crippen LogP contribution >= 0.6 is 11.3 Å². The van der Waals surface area contributed by atoms with Crippen molar-refractivity contribution in [2.24, 2.45) is 16.8 Å². The van der Waals surface area contributed by atoms with Crippen LogP contribution in [0.5, 0.6) is 5.75 Å². The Balaban J connectivity index is 1.74. The van der Waals surface area contributed by atoms with E-state index >= 15 is 0 Å². The summed E-state index contributed by atoms with van der Waals surface area (Å²) in [6.07, 6.45) is 5.12. The third-order valence-electron chi connectivity index (χ3n) is 5.14. The van der Waals surface area contributed by atoms with Crippen molar-refractivity contribution in [1.82, 2.24) is 9.97 Å². The summed E-state index contributed by atoms with van der Waals surface area (Å²) in [5.41, 5.74) is 8.81. The summed E-state index contributed by atoms with van der Waals surface area (Å²) >= 11 is 1.55. The van der Waals surface area contributed by atoms with Gasteiger partial charge in [0.1, 0.15) is 5.82 Å². The molecule has 4 aromatic rings. The van der Waals surface area contributed by atoms with Gasteiger partial charge in [0.25, 0.3) is 0 Å². The number of hydrogen-bond donors (Lipinski definition) is 3. The first-order valence-corrected chi connectivity index (χ1v) is 10.8. The van der Waals surface area contributed by atoms with Gasteiger partial charge < -0.3 is 16.3 Å². The number of aromatic nitrogens is 2. The van der Waals surface area contributed by atoms with Crippen LogP contribution in [0.15, 0.2) is 60.1 Å². The van der Waals surface area contributed by atoms with Gasteiger partial charge in [0.2, 0.25) is 5.82 Å². The van der Waals surface area contributed by atoms with Crippen LogP contribution in [0.2, 0.25) is 0 Å². The summed E-state index contributed by atoms with van der Waals surface area (Å²) in [5.74, 6) is 8.97. The quantitative estimate of drug-likeness (QED) is 0.170. The molecule has 4 rings (SSSR count). The Hall–Kier alpha value is -4.09. The number of halogens is 2. The Bertz CT molecular complexity index is 1380. The van der Waals surface area contributed by atoms with Gasteiger partial charge >= 0.3 is 0 Å². The number of hydrogen-bond acceptors (Lipinski definition) is 8. The number of methoxy groups -OCH3 is 1. The van der Waals surface area contributed by atoms with Gasteiger partial charge in [-0.25, -0.2) is 15.2 Å². The molecule has 0 fully saturated rings. The Kier molecular flexibility index (Phi) is 6.39. The number of nitrogens with zero attached hydrogens (tertiary/aromatic N) is 4. The Labute approximate surface area is 198 Å². The van der Waals surface area contributed by atoms with Crippen molar-refractivity contribution >= 4 is 28.7 Å². The molecule has 0 unspecified atom stereocenters. The van der Waals surface area contributed by atoms with Crippen LogP contribution in [-0.4, -0.2) is 22.9 Å². The molecule has 3 aromatic heterocycles. The average molecular weight is 482 g/mol. The van der Waals surface area contributed by atoms with Crippen molar-refractivity contribution in [2.45, 2.75) is 6.92 Å². The van der Waals surface area contributed by atoms with Crippen molar-refractivity contribution in [3.05, 3.63) is 77.8 Å². The van der Waals surface area contributed by atoms with Gasteiger partial charge in [-0.1, -0.05) is 6.07 Å². The number of pyridine rings is 2. The first-order chi connectivity index (χ1) is 16.3. The topological polar surface area (TPSA) is 129 Å². The molecule has 0 radical (unpaired) electrons. The molecule has 0 amide bonds. The van der Waals surface area contributed by atoms with Gasteiger partial charge in [0, 0.05) is 39.5 Å². The van der Waals surface area contributed by atoms with E-state index in [-0.39, 0.29) is 28.7 Å². The van der Waals surface area contributed by atoms with Gasteiger partial charge in [-0.15, -0.1) is 11.3 Å². The summed E-state index contributed by atoms with van der Waals surface area (Å²) in [5, 5.41) is 4.50. The highest BCUT2D eigenvalue weighted by atomic mass is 32.1. The molecule has 0 aliphatic carbocycles. The number of ether oxygens (including phenoxy) is 1. The van der Waals surface area contributed by atoms with E-state index in [1.807, 2.05) is 25.1 Å². The molecule has 174 valence electrons. The van der Waals surface area contributed by atoms with Crippen molar-refractivity contribution < 1.29 is 13.5 Å². The van der Waals surface area contributed by atoms with Crippen LogP contribution < -0.4 is 27.2 Å². The molecule has 0 aliphatic rings. The minimum absolute atomic E-state index is 0.0681. The van der Waals surface area contributed by atoms with Crippen LogP contribution in [0.3, 0.4) is 0 Å². The molecule has 34 heavy (non-hydrogen) atoms. The Morgan fingerprint density at radius 2 is 1.91 bits per heavy atom. The lowest BCUT2D eigenvalue weighted by molar-refractivity contribution is 0.372. The fourth-order valence-electron chi connectivity index (χ4n) is 3.44. The maximum atomic E-state index is 14.6. The molecule has 0 aliphatic heterocycles. The van der Waals surface area contributed by atoms with E-state index in [1.165, 1.54) is 19.2 Å². The normalized spacial score (nSPS) is 11.5. The molecule has 1 aromatic carbocycles. The largest absolute Gasteiger partial charge is 0.494 e. The number of rotatable bonds is 5. The third-order valence-corrected chi connectivity index (χ3v) is 6.48. The van der Waals surface area contributed by atoms with E-state index in [0.29, 0.717) is 0 Å². The molecule has 0 atom stereocenters. The monoisotopic (exact) mass is 481 g/mol. The Morgan fingerprint density at radius 3 is 2.59 bits per heavy atom. The Morgan fingerprint density at radius 1 is 1.12 bits per heavy atom. The van der Waals surface area contributed by atoms with E-state index in [1.54, 1.807) is 36.0 Å². The van der Waals surface area contributed by atoms with Crippen LogP contribution in [0, 0.1) is 18.6 Å². The summed E-state index contributed by atoms with van der Waals surface area (Å²) < 4.78 is 33.7. The molecule has 0 bridgehead atoms. The molecule has 0 spiro atoms. The van der Waals surface area contributed by atoms with Gasteiger partial charge in [-0.2, -0.15) is 9.49 Å². The van der Waals surface area contributed by atoms with Crippen molar-refractivity contribution in [3.63, 3.8) is 0 Å².